The van der Waals surface area contributed by atoms with Gasteiger partial charge in [0.2, 0.25) is 0 Å². The number of pyridine rings is 1. The molecule has 1 aliphatic carbocycles. The molecule has 0 atom stereocenters. The van der Waals surface area contributed by atoms with Gasteiger partial charge in [0.05, 0.1) is 11.2 Å². The predicted octanol–water partition coefficient (Wildman–Crippen LogP) is 2.09. The molecule has 0 spiro atoms. The van der Waals surface area contributed by atoms with Crippen LogP contribution in [0.2, 0.25) is 0 Å². The molecule has 0 aliphatic heterocycles. The lowest BCUT2D eigenvalue weighted by molar-refractivity contribution is -0.136. The summed E-state index contributed by atoms with van der Waals surface area (Å²) in [6, 6.07) is 9.22. The van der Waals surface area contributed by atoms with Crippen molar-refractivity contribution in [3.05, 3.63) is 36.5 Å². The summed E-state index contributed by atoms with van der Waals surface area (Å²) in [6.45, 7) is 0.583. The van der Waals surface area contributed by atoms with Crippen LogP contribution in [-0.4, -0.2) is 23.3 Å². The minimum Gasteiger partial charge on any atom is -0.348 e. The van der Waals surface area contributed by atoms with Crippen LogP contribution in [0.25, 0.3) is 10.9 Å². The van der Waals surface area contributed by atoms with Crippen LogP contribution in [0.4, 0.5) is 5.69 Å². The summed E-state index contributed by atoms with van der Waals surface area (Å²) >= 11 is 0. The Kier molecular flexibility index (Phi) is 3.81. The SMILES string of the molecule is O=C(NCC1CCC1)C(=O)Nc1cccc2cccnc12. The van der Waals surface area contributed by atoms with Crippen molar-refractivity contribution in [3.8, 4) is 0 Å². The van der Waals surface area contributed by atoms with Crippen molar-refractivity contribution in [3.63, 3.8) is 0 Å². The highest BCUT2D eigenvalue weighted by Crippen LogP contribution is 2.25. The van der Waals surface area contributed by atoms with E-state index in [1.807, 2.05) is 24.3 Å². The topological polar surface area (TPSA) is 71.1 Å². The number of nitrogens with zero attached hydrogens (tertiary/aromatic N) is 1. The van der Waals surface area contributed by atoms with Crippen LogP contribution in [-0.2, 0) is 9.59 Å². The maximum absolute atomic E-state index is 11.9. The van der Waals surface area contributed by atoms with Gasteiger partial charge in [-0.25, -0.2) is 0 Å². The number of carbonyl (C=O) groups excluding carboxylic acids is 2. The predicted molar refractivity (Wildman–Crippen MR) is 80.7 cm³/mol. The van der Waals surface area contributed by atoms with E-state index in [2.05, 4.69) is 15.6 Å². The second kappa shape index (κ2) is 5.91. The summed E-state index contributed by atoms with van der Waals surface area (Å²) < 4.78 is 0. The first-order valence-corrected chi connectivity index (χ1v) is 7.17. The highest BCUT2D eigenvalue weighted by molar-refractivity contribution is 6.40. The van der Waals surface area contributed by atoms with Gasteiger partial charge < -0.3 is 10.6 Å². The summed E-state index contributed by atoms with van der Waals surface area (Å²) in [7, 11) is 0. The summed E-state index contributed by atoms with van der Waals surface area (Å²) in [6.07, 6.45) is 5.15. The molecule has 21 heavy (non-hydrogen) atoms. The third kappa shape index (κ3) is 3.02. The van der Waals surface area contributed by atoms with Gasteiger partial charge in [0.25, 0.3) is 0 Å². The average Bonchev–Trinajstić information content (AvgIpc) is 2.46. The van der Waals surface area contributed by atoms with Gasteiger partial charge in [-0.3, -0.25) is 14.6 Å². The largest absolute Gasteiger partial charge is 0.348 e. The smallest absolute Gasteiger partial charge is 0.313 e. The number of para-hydroxylation sites is 1. The third-order valence-corrected chi connectivity index (χ3v) is 3.86. The zero-order valence-corrected chi connectivity index (χ0v) is 11.6. The highest BCUT2D eigenvalue weighted by atomic mass is 16.2. The van der Waals surface area contributed by atoms with E-state index in [0.717, 1.165) is 18.2 Å². The molecule has 0 bridgehead atoms. The number of hydrogen-bond acceptors (Lipinski definition) is 3. The molecule has 1 aromatic heterocycles. The second-order valence-corrected chi connectivity index (χ2v) is 5.34. The maximum atomic E-state index is 11.9. The number of anilines is 1. The van der Waals surface area contributed by atoms with E-state index in [0.29, 0.717) is 23.7 Å². The molecule has 1 heterocycles. The van der Waals surface area contributed by atoms with Gasteiger partial charge in [-0.2, -0.15) is 0 Å². The van der Waals surface area contributed by atoms with Gasteiger partial charge in [-0.15, -0.1) is 0 Å². The number of carbonyl (C=O) groups is 2. The van der Waals surface area contributed by atoms with Gasteiger partial charge in [-0.1, -0.05) is 24.6 Å². The van der Waals surface area contributed by atoms with Gasteiger partial charge in [0.1, 0.15) is 0 Å². The minimum absolute atomic E-state index is 0.529. The van der Waals surface area contributed by atoms with Gasteiger partial charge >= 0.3 is 11.8 Å². The molecule has 1 aromatic carbocycles. The van der Waals surface area contributed by atoms with Crippen LogP contribution < -0.4 is 10.6 Å². The molecule has 5 heteroatoms. The first kappa shape index (κ1) is 13.5. The van der Waals surface area contributed by atoms with Crippen molar-refractivity contribution in [2.45, 2.75) is 19.3 Å². The Hall–Kier alpha value is -2.43. The molecule has 3 rings (SSSR count). The number of hydrogen-bond donors (Lipinski definition) is 2. The second-order valence-electron chi connectivity index (χ2n) is 5.34. The van der Waals surface area contributed by atoms with E-state index in [1.165, 1.54) is 6.42 Å². The minimum atomic E-state index is -0.646. The molecule has 0 saturated heterocycles. The lowest BCUT2D eigenvalue weighted by atomic mass is 9.85. The number of nitrogens with one attached hydrogen (secondary N) is 2. The average molecular weight is 283 g/mol. The van der Waals surface area contributed by atoms with Gasteiger partial charge in [0.15, 0.2) is 0 Å². The maximum Gasteiger partial charge on any atom is 0.313 e. The zero-order valence-electron chi connectivity index (χ0n) is 11.6. The fourth-order valence-electron chi connectivity index (χ4n) is 2.40. The summed E-state index contributed by atoms with van der Waals surface area (Å²) in [5.74, 6) is -0.705. The summed E-state index contributed by atoms with van der Waals surface area (Å²) in [5.41, 5.74) is 1.23. The van der Waals surface area contributed by atoms with Crippen LogP contribution in [0.1, 0.15) is 19.3 Å². The first-order chi connectivity index (χ1) is 10.2. The van der Waals surface area contributed by atoms with Crippen molar-refractivity contribution in [1.29, 1.82) is 0 Å². The fraction of sp³-hybridized carbons (Fsp3) is 0.312. The Balaban J connectivity index is 1.66. The van der Waals surface area contributed by atoms with Crippen LogP contribution in [0.5, 0.6) is 0 Å². The highest BCUT2D eigenvalue weighted by Gasteiger charge is 2.20. The van der Waals surface area contributed by atoms with Gasteiger partial charge in [0, 0.05) is 18.1 Å². The molecule has 0 radical (unpaired) electrons. The molecule has 108 valence electrons. The molecule has 2 aromatic rings. The molecular weight excluding hydrogens is 266 g/mol. The Morgan fingerprint density at radius 3 is 2.71 bits per heavy atom. The van der Waals surface area contributed by atoms with Crippen LogP contribution in [0.3, 0.4) is 0 Å². The molecular formula is C16H17N3O2. The Labute approximate surface area is 122 Å². The Morgan fingerprint density at radius 2 is 1.95 bits per heavy atom. The quantitative estimate of drug-likeness (QED) is 0.847. The number of amides is 2. The Morgan fingerprint density at radius 1 is 1.14 bits per heavy atom. The standard InChI is InChI=1S/C16H17N3O2/c20-15(18-10-11-4-1-5-11)16(21)19-13-8-2-6-12-7-3-9-17-14(12)13/h2-3,6-9,11H,1,4-5,10H2,(H,18,20)(H,19,21). The molecule has 1 saturated carbocycles. The van der Waals surface area contributed by atoms with E-state index in [4.69, 9.17) is 0 Å². The van der Waals surface area contributed by atoms with Crippen molar-refractivity contribution >= 4 is 28.4 Å². The van der Waals surface area contributed by atoms with Crippen LogP contribution >= 0.6 is 0 Å². The van der Waals surface area contributed by atoms with E-state index < -0.39 is 11.8 Å². The van der Waals surface area contributed by atoms with E-state index in [-0.39, 0.29) is 0 Å². The van der Waals surface area contributed by atoms with Crippen LogP contribution in [0, 0.1) is 5.92 Å². The van der Waals surface area contributed by atoms with Crippen LogP contribution in [0.15, 0.2) is 36.5 Å². The summed E-state index contributed by atoms with van der Waals surface area (Å²) in [5, 5.41) is 6.23. The van der Waals surface area contributed by atoms with Gasteiger partial charge in [-0.05, 0) is 30.9 Å². The van der Waals surface area contributed by atoms with Crippen molar-refractivity contribution in [1.82, 2.24) is 10.3 Å². The zero-order chi connectivity index (χ0) is 14.7. The molecule has 1 fully saturated rings. The monoisotopic (exact) mass is 283 g/mol. The summed E-state index contributed by atoms with van der Waals surface area (Å²) in [4.78, 5) is 28.0. The van der Waals surface area contributed by atoms with Crippen molar-refractivity contribution in [2.24, 2.45) is 5.92 Å². The number of fused-ring (bicyclic) bond motifs is 1. The van der Waals surface area contributed by atoms with E-state index >= 15 is 0 Å². The number of aromatic nitrogens is 1. The molecule has 1 aliphatic rings. The van der Waals surface area contributed by atoms with E-state index in [1.54, 1.807) is 12.3 Å². The normalized spacial score (nSPS) is 14.5. The number of rotatable bonds is 3. The third-order valence-electron chi connectivity index (χ3n) is 3.86. The van der Waals surface area contributed by atoms with Crippen molar-refractivity contribution in [2.75, 3.05) is 11.9 Å². The van der Waals surface area contributed by atoms with E-state index in [9.17, 15) is 9.59 Å². The number of benzene rings is 1. The van der Waals surface area contributed by atoms with Crippen molar-refractivity contribution < 1.29 is 9.59 Å². The molecule has 2 N–H and O–H groups in total. The lowest BCUT2D eigenvalue weighted by Gasteiger charge is -2.25. The fourth-order valence-corrected chi connectivity index (χ4v) is 2.40. The first-order valence-electron chi connectivity index (χ1n) is 7.17. The molecule has 5 nitrogen and oxygen atoms in total. The molecule has 0 unspecified atom stereocenters. The lowest BCUT2D eigenvalue weighted by Crippen LogP contribution is -2.39. The Bertz CT molecular complexity index is 675. The molecule has 2 amide bonds.